The van der Waals surface area contributed by atoms with Crippen LogP contribution in [0, 0.1) is 0 Å². The van der Waals surface area contributed by atoms with E-state index in [4.69, 9.17) is 4.74 Å². The predicted octanol–water partition coefficient (Wildman–Crippen LogP) is 3.94. The van der Waals surface area contributed by atoms with Crippen LogP contribution in [0.5, 0.6) is 5.75 Å². The van der Waals surface area contributed by atoms with Gasteiger partial charge in [-0.05, 0) is 52.3 Å². The third-order valence-electron chi connectivity index (χ3n) is 2.88. The van der Waals surface area contributed by atoms with E-state index >= 15 is 0 Å². The third kappa shape index (κ3) is 6.25. The Morgan fingerprint density at radius 1 is 1.26 bits per heavy atom. The van der Waals surface area contributed by atoms with Gasteiger partial charge < -0.3 is 15.2 Å². The minimum Gasteiger partial charge on any atom is -0.491 e. The van der Waals surface area contributed by atoms with Crippen molar-refractivity contribution < 1.29 is 14.6 Å². The lowest BCUT2D eigenvalue weighted by Gasteiger charge is -2.13. The van der Waals surface area contributed by atoms with E-state index < -0.39 is 6.10 Å². The summed E-state index contributed by atoms with van der Waals surface area (Å²) in [4.78, 5) is 12.0. The molecule has 1 unspecified atom stereocenters. The summed E-state index contributed by atoms with van der Waals surface area (Å²) in [6, 6.07) is 14.9. The lowest BCUT2D eigenvalue weighted by Crippen LogP contribution is -2.20. The zero-order chi connectivity index (χ0) is 16.7. The molecule has 0 aromatic heterocycles. The van der Waals surface area contributed by atoms with Crippen LogP contribution >= 0.6 is 27.7 Å². The van der Waals surface area contributed by atoms with Crippen molar-refractivity contribution in [2.75, 3.05) is 17.7 Å². The van der Waals surface area contributed by atoms with Gasteiger partial charge in [0.05, 0.1) is 6.10 Å². The minimum absolute atomic E-state index is 0.113. The molecular weight excluding hydrogens is 378 g/mol. The number of hydrogen-bond donors (Lipinski definition) is 2. The molecule has 6 heteroatoms. The number of benzene rings is 2. The molecule has 0 heterocycles. The van der Waals surface area contributed by atoms with Gasteiger partial charge in [-0.3, -0.25) is 4.79 Å². The van der Waals surface area contributed by atoms with E-state index in [1.807, 2.05) is 24.3 Å². The van der Waals surface area contributed by atoms with Crippen molar-refractivity contribution >= 4 is 39.3 Å². The minimum atomic E-state index is -0.567. The molecule has 0 bridgehead atoms. The normalized spacial score (nSPS) is 11.8. The van der Waals surface area contributed by atoms with Crippen LogP contribution in [-0.4, -0.2) is 29.5 Å². The summed E-state index contributed by atoms with van der Waals surface area (Å²) in [5.74, 6) is 1.09. The summed E-state index contributed by atoms with van der Waals surface area (Å²) in [6.45, 7) is 1.68. The van der Waals surface area contributed by atoms with Crippen molar-refractivity contribution in [2.45, 2.75) is 17.9 Å². The topological polar surface area (TPSA) is 58.6 Å². The standard InChI is InChI=1S/C17H18BrNO3S/c1-12(20)19-13-6-8-15(9-7-13)22-10-14(21)11-23-17-5-3-2-4-16(17)18/h2-9,14,21H,10-11H2,1H3,(H,19,20). The second kappa shape index (κ2) is 8.96. The monoisotopic (exact) mass is 395 g/mol. The quantitative estimate of drug-likeness (QED) is 0.697. The molecule has 0 fully saturated rings. The van der Waals surface area contributed by atoms with Gasteiger partial charge in [-0.15, -0.1) is 11.8 Å². The summed E-state index contributed by atoms with van der Waals surface area (Å²) in [6.07, 6.45) is -0.567. The van der Waals surface area contributed by atoms with Crippen LogP contribution in [0.25, 0.3) is 0 Å². The number of amides is 1. The van der Waals surface area contributed by atoms with E-state index in [9.17, 15) is 9.90 Å². The van der Waals surface area contributed by atoms with Crippen LogP contribution in [0.3, 0.4) is 0 Å². The van der Waals surface area contributed by atoms with Crippen LogP contribution in [0.15, 0.2) is 57.9 Å². The number of anilines is 1. The maximum absolute atomic E-state index is 10.9. The van der Waals surface area contributed by atoms with Gasteiger partial charge in [-0.2, -0.15) is 0 Å². The van der Waals surface area contributed by atoms with E-state index in [1.165, 1.54) is 6.92 Å². The first-order valence-electron chi connectivity index (χ1n) is 7.10. The Labute approximate surface area is 148 Å². The van der Waals surface area contributed by atoms with Gasteiger partial charge in [0.15, 0.2) is 0 Å². The molecule has 2 aromatic rings. The zero-order valence-corrected chi connectivity index (χ0v) is 15.1. The SMILES string of the molecule is CC(=O)Nc1ccc(OCC(O)CSc2ccccc2Br)cc1. The largest absolute Gasteiger partial charge is 0.491 e. The Kier molecular flexibility index (Phi) is 6.95. The lowest BCUT2D eigenvalue weighted by atomic mass is 10.3. The van der Waals surface area contributed by atoms with E-state index in [0.717, 1.165) is 15.1 Å². The number of halogens is 1. The van der Waals surface area contributed by atoms with Crippen LogP contribution in [0.4, 0.5) is 5.69 Å². The van der Waals surface area contributed by atoms with Gasteiger partial charge in [-0.25, -0.2) is 0 Å². The fraction of sp³-hybridized carbons (Fsp3) is 0.235. The van der Waals surface area contributed by atoms with E-state index in [0.29, 0.717) is 11.5 Å². The number of hydrogen-bond acceptors (Lipinski definition) is 4. The predicted molar refractivity (Wildman–Crippen MR) is 97.1 cm³/mol. The van der Waals surface area contributed by atoms with Gasteiger partial charge in [0.25, 0.3) is 0 Å². The Hall–Kier alpha value is -1.50. The fourth-order valence-electron chi connectivity index (χ4n) is 1.83. The van der Waals surface area contributed by atoms with Gasteiger partial charge in [0.2, 0.25) is 5.91 Å². The smallest absolute Gasteiger partial charge is 0.221 e. The molecule has 1 atom stereocenters. The molecule has 0 radical (unpaired) electrons. The molecular formula is C17H18BrNO3S. The number of ether oxygens (including phenoxy) is 1. The molecule has 1 amide bonds. The maximum Gasteiger partial charge on any atom is 0.221 e. The molecule has 2 rings (SSSR count). The lowest BCUT2D eigenvalue weighted by molar-refractivity contribution is -0.114. The van der Waals surface area contributed by atoms with Gasteiger partial charge in [-0.1, -0.05) is 12.1 Å². The Bertz CT molecular complexity index is 649. The highest BCUT2D eigenvalue weighted by Gasteiger charge is 2.08. The molecule has 0 aliphatic carbocycles. The van der Waals surface area contributed by atoms with Crippen molar-refractivity contribution in [3.63, 3.8) is 0 Å². The summed E-state index contributed by atoms with van der Waals surface area (Å²) in [7, 11) is 0. The van der Waals surface area contributed by atoms with Gasteiger partial charge in [0, 0.05) is 27.7 Å². The van der Waals surface area contributed by atoms with Crippen LogP contribution < -0.4 is 10.1 Å². The molecule has 0 aliphatic heterocycles. The highest BCUT2D eigenvalue weighted by atomic mass is 79.9. The number of carbonyl (C=O) groups is 1. The van der Waals surface area contributed by atoms with Crippen molar-refractivity contribution in [3.05, 3.63) is 53.0 Å². The molecule has 23 heavy (non-hydrogen) atoms. The Morgan fingerprint density at radius 3 is 2.61 bits per heavy atom. The molecule has 4 nitrogen and oxygen atoms in total. The second-order valence-corrected chi connectivity index (χ2v) is 6.83. The summed E-state index contributed by atoms with van der Waals surface area (Å²) in [5, 5.41) is 12.7. The number of nitrogens with one attached hydrogen (secondary N) is 1. The first kappa shape index (κ1) is 17.8. The number of thioether (sulfide) groups is 1. The van der Waals surface area contributed by atoms with Crippen LogP contribution in [0.2, 0.25) is 0 Å². The molecule has 2 N–H and O–H groups in total. The first-order chi connectivity index (χ1) is 11.0. The molecule has 0 spiro atoms. The molecule has 0 saturated carbocycles. The second-order valence-electron chi connectivity index (χ2n) is 4.91. The van der Waals surface area contributed by atoms with Crippen molar-refractivity contribution in [2.24, 2.45) is 0 Å². The van der Waals surface area contributed by atoms with Crippen molar-refractivity contribution in [1.82, 2.24) is 0 Å². The first-order valence-corrected chi connectivity index (χ1v) is 8.88. The van der Waals surface area contributed by atoms with Crippen molar-refractivity contribution in [1.29, 1.82) is 0 Å². The van der Waals surface area contributed by atoms with E-state index in [2.05, 4.69) is 21.2 Å². The Morgan fingerprint density at radius 2 is 1.96 bits per heavy atom. The number of carbonyl (C=O) groups excluding carboxylic acids is 1. The van der Waals surface area contributed by atoms with Crippen molar-refractivity contribution in [3.8, 4) is 5.75 Å². The highest BCUT2D eigenvalue weighted by Crippen LogP contribution is 2.27. The molecule has 0 saturated heterocycles. The van der Waals surface area contributed by atoms with Gasteiger partial charge in [0.1, 0.15) is 12.4 Å². The fourth-order valence-corrected chi connectivity index (χ4v) is 3.30. The molecule has 0 aliphatic rings. The average Bonchev–Trinajstić information content (AvgIpc) is 2.53. The van der Waals surface area contributed by atoms with E-state index in [-0.39, 0.29) is 12.5 Å². The summed E-state index contributed by atoms with van der Waals surface area (Å²) in [5.41, 5.74) is 0.717. The highest BCUT2D eigenvalue weighted by molar-refractivity contribution is 9.10. The van der Waals surface area contributed by atoms with E-state index in [1.54, 1.807) is 36.0 Å². The number of aliphatic hydroxyl groups is 1. The summed E-state index contributed by atoms with van der Waals surface area (Å²) >= 11 is 5.06. The maximum atomic E-state index is 10.9. The molecule has 2 aromatic carbocycles. The zero-order valence-electron chi connectivity index (χ0n) is 12.7. The van der Waals surface area contributed by atoms with Crippen LogP contribution in [-0.2, 0) is 4.79 Å². The van der Waals surface area contributed by atoms with Crippen LogP contribution in [0.1, 0.15) is 6.92 Å². The average molecular weight is 396 g/mol. The van der Waals surface area contributed by atoms with Gasteiger partial charge >= 0.3 is 0 Å². The molecule has 122 valence electrons. The Balaban J connectivity index is 1.76. The number of rotatable bonds is 7. The third-order valence-corrected chi connectivity index (χ3v) is 5.06. The summed E-state index contributed by atoms with van der Waals surface area (Å²) < 4.78 is 6.58. The number of aliphatic hydroxyl groups excluding tert-OH is 1.